The number of carbonyl (C=O) groups is 2. The lowest BCUT2D eigenvalue weighted by atomic mass is 10.1. The van der Waals surface area contributed by atoms with E-state index in [4.69, 9.17) is 18.9 Å². The summed E-state index contributed by atoms with van der Waals surface area (Å²) in [6.07, 6.45) is 1.06. The summed E-state index contributed by atoms with van der Waals surface area (Å²) < 4.78 is 22.0. The first-order chi connectivity index (χ1) is 15.0. The molecule has 0 saturated heterocycles. The van der Waals surface area contributed by atoms with Crippen molar-refractivity contribution in [2.75, 3.05) is 39.3 Å². The monoisotopic (exact) mass is 490 g/mol. The first-order valence-electron chi connectivity index (χ1n) is 9.43. The number of benzene rings is 2. The van der Waals surface area contributed by atoms with Gasteiger partial charge in [-0.05, 0) is 51.8 Å². The zero-order valence-electron chi connectivity index (χ0n) is 17.4. The second kappa shape index (κ2) is 10.4. The highest BCUT2D eigenvalue weighted by molar-refractivity contribution is 9.10. The molecule has 1 N–H and O–H groups in total. The maximum atomic E-state index is 13.2. The minimum atomic E-state index is -0.569. The number of hydrogen-bond donors (Lipinski definition) is 1. The second-order valence-electron chi connectivity index (χ2n) is 6.57. The van der Waals surface area contributed by atoms with Crippen molar-refractivity contribution in [1.82, 2.24) is 5.32 Å². The Kier molecular flexibility index (Phi) is 7.67. The van der Waals surface area contributed by atoms with E-state index < -0.39 is 12.2 Å². The average Bonchev–Trinajstić information content (AvgIpc) is 2.77. The largest absolute Gasteiger partial charge is 0.496 e. The molecule has 0 saturated carbocycles. The predicted molar refractivity (Wildman–Crippen MR) is 119 cm³/mol. The fourth-order valence-electron chi connectivity index (χ4n) is 3.00. The number of carbonyl (C=O) groups excluding carboxylic acids is 2. The smallest absolute Gasteiger partial charge is 0.294 e. The molecule has 164 valence electrons. The quantitative estimate of drug-likeness (QED) is 0.452. The van der Waals surface area contributed by atoms with E-state index in [-0.39, 0.29) is 24.8 Å². The highest BCUT2D eigenvalue weighted by Crippen LogP contribution is 2.36. The summed E-state index contributed by atoms with van der Waals surface area (Å²) in [4.78, 5) is 27.0. The van der Waals surface area contributed by atoms with Gasteiger partial charge in [0.25, 0.3) is 5.91 Å². The normalized spacial score (nSPS) is 14.4. The average molecular weight is 491 g/mol. The molecular weight excluding hydrogens is 468 g/mol. The Morgan fingerprint density at radius 3 is 2.61 bits per heavy atom. The minimum Gasteiger partial charge on any atom is -0.496 e. The fraction of sp³-hybridized carbons (Fsp3) is 0.273. The van der Waals surface area contributed by atoms with Gasteiger partial charge in [-0.3, -0.25) is 14.5 Å². The lowest BCUT2D eigenvalue weighted by Crippen LogP contribution is -2.45. The van der Waals surface area contributed by atoms with Crippen LogP contribution >= 0.6 is 15.9 Å². The molecule has 0 radical (unpaired) electrons. The number of para-hydroxylation sites is 2. The maximum absolute atomic E-state index is 13.2. The molecule has 0 spiro atoms. The van der Waals surface area contributed by atoms with Crippen molar-refractivity contribution in [1.29, 1.82) is 0 Å². The third-order valence-electron chi connectivity index (χ3n) is 4.60. The van der Waals surface area contributed by atoms with E-state index in [0.717, 1.165) is 10.0 Å². The minimum absolute atomic E-state index is 0.107. The van der Waals surface area contributed by atoms with E-state index in [0.29, 0.717) is 17.2 Å². The van der Waals surface area contributed by atoms with Crippen LogP contribution in [0.1, 0.15) is 5.56 Å². The summed E-state index contributed by atoms with van der Waals surface area (Å²) in [5.41, 5.74) is 1.26. The summed E-state index contributed by atoms with van der Waals surface area (Å²) in [5.74, 6) is 0.495. The lowest BCUT2D eigenvalue weighted by molar-refractivity contribution is -0.127. The van der Waals surface area contributed by atoms with Crippen LogP contribution in [0.4, 0.5) is 5.69 Å². The highest BCUT2D eigenvalue weighted by Gasteiger charge is 2.31. The summed E-state index contributed by atoms with van der Waals surface area (Å²) in [6.45, 7) is -0.0163. The molecule has 0 unspecified atom stereocenters. The van der Waals surface area contributed by atoms with Crippen LogP contribution in [-0.2, 0) is 19.1 Å². The van der Waals surface area contributed by atoms with Crippen LogP contribution in [0.3, 0.4) is 0 Å². The molecule has 2 aromatic rings. The standard InChI is InChI=1S/C22H23BrN2O6/c1-28-17-9-8-14(10-15(17)23)11-19-22(27)25(16-6-4-5-7-18(16)31-19)13-20(26)24-12-21(29-2)30-3/h4-11,21H,12-13H2,1-3H3,(H,24,26). The van der Waals surface area contributed by atoms with Crippen molar-refractivity contribution in [3.63, 3.8) is 0 Å². The molecule has 0 aromatic heterocycles. The van der Waals surface area contributed by atoms with E-state index in [9.17, 15) is 9.59 Å². The van der Waals surface area contributed by atoms with Gasteiger partial charge in [-0.25, -0.2) is 0 Å². The van der Waals surface area contributed by atoms with E-state index in [1.54, 1.807) is 49.6 Å². The summed E-state index contributed by atoms with van der Waals surface area (Å²) >= 11 is 3.43. The summed E-state index contributed by atoms with van der Waals surface area (Å²) in [5, 5.41) is 2.70. The Morgan fingerprint density at radius 2 is 1.94 bits per heavy atom. The number of ether oxygens (including phenoxy) is 4. The molecule has 2 aromatic carbocycles. The first-order valence-corrected chi connectivity index (χ1v) is 10.2. The lowest BCUT2D eigenvalue weighted by Gasteiger charge is -2.30. The third-order valence-corrected chi connectivity index (χ3v) is 5.22. The number of rotatable bonds is 8. The van der Waals surface area contributed by atoms with Gasteiger partial charge in [0.15, 0.2) is 17.8 Å². The van der Waals surface area contributed by atoms with Crippen molar-refractivity contribution in [3.8, 4) is 11.5 Å². The molecule has 8 nitrogen and oxygen atoms in total. The van der Waals surface area contributed by atoms with Gasteiger partial charge in [0.1, 0.15) is 12.3 Å². The van der Waals surface area contributed by atoms with E-state index in [2.05, 4.69) is 21.2 Å². The van der Waals surface area contributed by atoms with Gasteiger partial charge < -0.3 is 24.3 Å². The Labute approximate surface area is 188 Å². The summed E-state index contributed by atoms with van der Waals surface area (Å²) in [7, 11) is 4.54. The van der Waals surface area contributed by atoms with Crippen LogP contribution in [0.25, 0.3) is 6.08 Å². The van der Waals surface area contributed by atoms with Crippen molar-refractivity contribution < 1.29 is 28.5 Å². The Morgan fingerprint density at radius 1 is 1.19 bits per heavy atom. The van der Waals surface area contributed by atoms with Crippen LogP contribution in [0.15, 0.2) is 52.7 Å². The maximum Gasteiger partial charge on any atom is 0.294 e. The summed E-state index contributed by atoms with van der Waals surface area (Å²) in [6, 6.07) is 12.5. The van der Waals surface area contributed by atoms with E-state index in [1.807, 2.05) is 6.07 Å². The van der Waals surface area contributed by atoms with Crippen LogP contribution < -0.4 is 19.7 Å². The molecule has 0 bridgehead atoms. The molecular formula is C22H23BrN2O6. The molecule has 1 heterocycles. The third kappa shape index (κ3) is 5.43. The second-order valence-corrected chi connectivity index (χ2v) is 7.42. The van der Waals surface area contributed by atoms with Gasteiger partial charge in [0, 0.05) is 14.2 Å². The predicted octanol–water partition coefficient (Wildman–Crippen LogP) is 2.96. The van der Waals surface area contributed by atoms with Crippen LogP contribution in [0.2, 0.25) is 0 Å². The SMILES string of the molecule is COc1ccc(C=C2Oc3ccccc3N(CC(=O)NCC(OC)OC)C2=O)cc1Br. The van der Waals surface area contributed by atoms with Crippen molar-refractivity contribution >= 4 is 39.5 Å². The van der Waals surface area contributed by atoms with Crippen molar-refractivity contribution in [2.24, 2.45) is 0 Å². The van der Waals surface area contributed by atoms with Crippen LogP contribution in [0, 0.1) is 0 Å². The number of fused-ring (bicyclic) bond motifs is 1. The first kappa shape index (κ1) is 22.8. The molecule has 9 heteroatoms. The highest BCUT2D eigenvalue weighted by atomic mass is 79.9. The molecule has 0 fully saturated rings. The Bertz CT molecular complexity index is 990. The van der Waals surface area contributed by atoms with Crippen LogP contribution in [-0.4, -0.2) is 52.5 Å². The number of methoxy groups -OCH3 is 3. The number of anilines is 1. The topological polar surface area (TPSA) is 86.3 Å². The number of halogens is 1. The fourth-order valence-corrected chi connectivity index (χ4v) is 3.56. The van der Waals surface area contributed by atoms with Gasteiger partial charge in [0.05, 0.1) is 23.8 Å². The number of hydrogen-bond acceptors (Lipinski definition) is 6. The van der Waals surface area contributed by atoms with Gasteiger partial charge in [-0.2, -0.15) is 0 Å². The van der Waals surface area contributed by atoms with Gasteiger partial charge >= 0.3 is 0 Å². The number of nitrogens with zero attached hydrogens (tertiary/aromatic N) is 1. The molecule has 2 amide bonds. The van der Waals surface area contributed by atoms with Crippen molar-refractivity contribution in [3.05, 3.63) is 58.3 Å². The zero-order valence-corrected chi connectivity index (χ0v) is 19.0. The van der Waals surface area contributed by atoms with Gasteiger partial charge in [0.2, 0.25) is 5.91 Å². The molecule has 31 heavy (non-hydrogen) atoms. The van der Waals surface area contributed by atoms with Gasteiger partial charge in [-0.1, -0.05) is 18.2 Å². The molecule has 1 aliphatic heterocycles. The molecule has 0 atom stereocenters. The number of nitrogens with one attached hydrogen (secondary N) is 1. The van der Waals surface area contributed by atoms with E-state index in [1.165, 1.54) is 19.1 Å². The molecule has 3 rings (SSSR count). The zero-order chi connectivity index (χ0) is 22.4. The van der Waals surface area contributed by atoms with E-state index >= 15 is 0 Å². The number of amides is 2. The van der Waals surface area contributed by atoms with Gasteiger partial charge in [-0.15, -0.1) is 0 Å². The Balaban J connectivity index is 1.84. The molecule has 1 aliphatic rings. The van der Waals surface area contributed by atoms with Crippen LogP contribution in [0.5, 0.6) is 11.5 Å². The van der Waals surface area contributed by atoms with Crippen molar-refractivity contribution in [2.45, 2.75) is 6.29 Å². The molecule has 0 aliphatic carbocycles. The Hall–Kier alpha value is -2.88.